The van der Waals surface area contributed by atoms with E-state index < -0.39 is 0 Å². The average Bonchev–Trinajstić information content (AvgIpc) is 2.18. The maximum atomic E-state index is 11.5. The molecule has 1 aromatic heterocycles. The van der Waals surface area contributed by atoms with Crippen LogP contribution in [0.25, 0.3) is 0 Å². The van der Waals surface area contributed by atoms with Crippen molar-refractivity contribution in [3.8, 4) is 0 Å². The Kier molecular flexibility index (Phi) is 3.63. The van der Waals surface area contributed by atoms with Crippen LogP contribution in [0.4, 0.5) is 0 Å². The van der Waals surface area contributed by atoms with Gasteiger partial charge >= 0.3 is 5.97 Å². The van der Waals surface area contributed by atoms with E-state index >= 15 is 0 Å². The van der Waals surface area contributed by atoms with Gasteiger partial charge < -0.3 is 4.74 Å². The summed E-state index contributed by atoms with van der Waals surface area (Å²) >= 11 is 0. The molecule has 0 atom stereocenters. The Morgan fingerprint density at radius 3 is 2.79 bits per heavy atom. The summed E-state index contributed by atoms with van der Waals surface area (Å²) in [5, 5.41) is 0. The highest BCUT2D eigenvalue weighted by molar-refractivity contribution is 5.90. The van der Waals surface area contributed by atoms with E-state index in [0.29, 0.717) is 12.2 Å². The van der Waals surface area contributed by atoms with Gasteiger partial charge in [0.2, 0.25) is 0 Å². The van der Waals surface area contributed by atoms with Gasteiger partial charge in [0.05, 0.1) is 17.9 Å². The third-order valence-corrected chi connectivity index (χ3v) is 1.94. The second-order valence-corrected chi connectivity index (χ2v) is 3.08. The minimum atomic E-state index is -0.277. The van der Waals surface area contributed by atoms with Gasteiger partial charge in [0, 0.05) is 6.20 Å². The Hall–Kier alpha value is -1.38. The molecule has 0 fully saturated rings. The van der Waals surface area contributed by atoms with Crippen LogP contribution in [0, 0.1) is 6.92 Å². The lowest BCUT2D eigenvalue weighted by molar-refractivity contribution is 0.0524. The van der Waals surface area contributed by atoms with Gasteiger partial charge in [-0.15, -0.1) is 0 Å². The molecule has 0 unspecified atom stereocenters. The average molecular weight is 193 g/mol. The number of aryl methyl sites for hydroxylation is 2. The van der Waals surface area contributed by atoms with E-state index in [1.807, 2.05) is 19.9 Å². The predicted octanol–water partition coefficient (Wildman–Crippen LogP) is 2.13. The van der Waals surface area contributed by atoms with Crippen LogP contribution in [-0.2, 0) is 11.2 Å². The summed E-state index contributed by atoms with van der Waals surface area (Å²) in [4.78, 5) is 15.7. The molecule has 0 radical (unpaired) electrons. The smallest absolute Gasteiger partial charge is 0.339 e. The molecule has 3 heteroatoms. The SMILES string of the molecule is CCOC(=O)c1cc(C)cnc1CC. The molecule has 0 aromatic carbocycles. The van der Waals surface area contributed by atoms with Gasteiger partial charge in [0.15, 0.2) is 0 Å². The lowest BCUT2D eigenvalue weighted by atomic mass is 10.1. The van der Waals surface area contributed by atoms with Crippen LogP contribution >= 0.6 is 0 Å². The van der Waals surface area contributed by atoms with Gasteiger partial charge in [-0.25, -0.2) is 4.79 Å². The minimum Gasteiger partial charge on any atom is -0.462 e. The monoisotopic (exact) mass is 193 g/mol. The van der Waals surface area contributed by atoms with E-state index in [9.17, 15) is 4.79 Å². The predicted molar refractivity (Wildman–Crippen MR) is 54.3 cm³/mol. The van der Waals surface area contributed by atoms with Crippen LogP contribution < -0.4 is 0 Å². The Labute approximate surface area is 84.1 Å². The molecule has 0 saturated carbocycles. The molecular formula is C11H15NO2. The highest BCUT2D eigenvalue weighted by atomic mass is 16.5. The fourth-order valence-corrected chi connectivity index (χ4v) is 1.26. The molecular weight excluding hydrogens is 178 g/mol. The van der Waals surface area contributed by atoms with Gasteiger partial charge in [-0.2, -0.15) is 0 Å². The van der Waals surface area contributed by atoms with Crippen molar-refractivity contribution in [1.29, 1.82) is 0 Å². The van der Waals surface area contributed by atoms with Crippen LogP contribution in [-0.4, -0.2) is 17.6 Å². The molecule has 0 spiro atoms. The number of aromatic nitrogens is 1. The molecule has 0 aliphatic carbocycles. The number of carbonyl (C=O) groups excluding carboxylic acids is 1. The molecule has 0 N–H and O–H groups in total. The van der Waals surface area contributed by atoms with E-state index in [2.05, 4.69) is 4.98 Å². The number of hydrogen-bond donors (Lipinski definition) is 0. The zero-order chi connectivity index (χ0) is 10.6. The summed E-state index contributed by atoms with van der Waals surface area (Å²) in [7, 11) is 0. The molecule has 1 rings (SSSR count). The standard InChI is InChI=1S/C11H15NO2/c1-4-10-9(11(13)14-5-2)6-8(3)7-12-10/h6-7H,4-5H2,1-3H3. The molecule has 0 amide bonds. The first kappa shape index (κ1) is 10.7. The quantitative estimate of drug-likeness (QED) is 0.690. The van der Waals surface area contributed by atoms with Gasteiger partial charge in [0.1, 0.15) is 0 Å². The Morgan fingerprint density at radius 2 is 2.21 bits per heavy atom. The number of hydrogen-bond acceptors (Lipinski definition) is 3. The lowest BCUT2D eigenvalue weighted by Gasteiger charge is -2.06. The second kappa shape index (κ2) is 4.74. The summed E-state index contributed by atoms with van der Waals surface area (Å²) in [5.41, 5.74) is 2.37. The fourth-order valence-electron chi connectivity index (χ4n) is 1.26. The van der Waals surface area contributed by atoms with Gasteiger partial charge in [-0.05, 0) is 31.9 Å². The Bertz CT molecular complexity index is 334. The van der Waals surface area contributed by atoms with Crippen molar-refractivity contribution in [3.63, 3.8) is 0 Å². The van der Waals surface area contributed by atoms with Gasteiger partial charge in [-0.3, -0.25) is 4.98 Å². The fraction of sp³-hybridized carbons (Fsp3) is 0.455. The summed E-state index contributed by atoms with van der Waals surface area (Å²) in [5.74, 6) is -0.277. The second-order valence-electron chi connectivity index (χ2n) is 3.08. The maximum Gasteiger partial charge on any atom is 0.339 e. The first-order valence-electron chi connectivity index (χ1n) is 4.81. The number of nitrogens with zero attached hydrogens (tertiary/aromatic N) is 1. The normalized spacial score (nSPS) is 9.93. The van der Waals surface area contributed by atoms with E-state index in [1.54, 1.807) is 13.1 Å². The molecule has 1 aromatic rings. The molecule has 0 bridgehead atoms. The van der Waals surface area contributed by atoms with Crippen molar-refractivity contribution >= 4 is 5.97 Å². The summed E-state index contributed by atoms with van der Waals surface area (Å²) in [6.45, 7) is 6.08. The van der Waals surface area contributed by atoms with Crippen LogP contribution in [0.3, 0.4) is 0 Å². The topological polar surface area (TPSA) is 39.2 Å². The molecule has 0 aliphatic rings. The molecule has 0 saturated heterocycles. The molecule has 14 heavy (non-hydrogen) atoms. The number of esters is 1. The maximum absolute atomic E-state index is 11.5. The van der Waals surface area contributed by atoms with Crippen LogP contribution in [0.15, 0.2) is 12.3 Å². The Balaban J connectivity index is 3.03. The first-order chi connectivity index (χ1) is 6.69. The van der Waals surface area contributed by atoms with Crippen LogP contribution in [0.5, 0.6) is 0 Å². The van der Waals surface area contributed by atoms with Crippen molar-refractivity contribution in [3.05, 3.63) is 29.1 Å². The summed E-state index contributed by atoms with van der Waals surface area (Å²) in [6.07, 6.45) is 2.51. The zero-order valence-electron chi connectivity index (χ0n) is 8.83. The highest BCUT2D eigenvalue weighted by Gasteiger charge is 2.12. The lowest BCUT2D eigenvalue weighted by Crippen LogP contribution is -2.09. The largest absolute Gasteiger partial charge is 0.462 e. The summed E-state index contributed by atoms with van der Waals surface area (Å²) < 4.78 is 4.95. The molecule has 1 heterocycles. The van der Waals surface area contributed by atoms with E-state index in [0.717, 1.165) is 17.7 Å². The minimum absolute atomic E-state index is 0.277. The molecule has 3 nitrogen and oxygen atoms in total. The first-order valence-corrected chi connectivity index (χ1v) is 4.81. The van der Waals surface area contributed by atoms with Crippen LogP contribution in [0.1, 0.15) is 35.5 Å². The highest BCUT2D eigenvalue weighted by Crippen LogP contribution is 2.10. The Morgan fingerprint density at radius 1 is 1.50 bits per heavy atom. The van der Waals surface area contributed by atoms with Gasteiger partial charge in [0.25, 0.3) is 0 Å². The number of carbonyl (C=O) groups is 1. The molecule has 76 valence electrons. The number of pyridine rings is 1. The third kappa shape index (κ3) is 2.31. The van der Waals surface area contributed by atoms with E-state index in [4.69, 9.17) is 4.74 Å². The third-order valence-electron chi connectivity index (χ3n) is 1.94. The molecule has 0 aliphatic heterocycles. The number of rotatable bonds is 3. The van der Waals surface area contributed by atoms with Crippen molar-refractivity contribution in [2.75, 3.05) is 6.61 Å². The van der Waals surface area contributed by atoms with Gasteiger partial charge in [-0.1, -0.05) is 6.92 Å². The van der Waals surface area contributed by atoms with Crippen LogP contribution in [0.2, 0.25) is 0 Å². The van der Waals surface area contributed by atoms with Crippen molar-refractivity contribution in [1.82, 2.24) is 4.98 Å². The van der Waals surface area contributed by atoms with Crippen molar-refractivity contribution in [2.45, 2.75) is 27.2 Å². The summed E-state index contributed by atoms with van der Waals surface area (Å²) in [6, 6.07) is 1.82. The van der Waals surface area contributed by atoms with Crippen molar-refractivity contribution in [2.24, 2.45) is 0 Å². The number of ether oxygens (including phenoxy) is 1. The van der Waals surface area contributed by atoms with E-state index in [1.165, 1.54) is 0 Å². The van der Waals surface area contributed by atoms with Crippen molar-refractivity contribution < 1.29 is 9.53 Å². The van der Waals surface area contributed by atoms with E-state index in [-0.39, 0.29) is 5.97 Å². The zero-order valence-corrected chi connectivity index (χ0v) is 8.83.